The average molecular weight is 210 g/mol. The minimum Gasteiger partial charge on any atom is -0.393 e. The van der Waals surface area contributed by atoms with Crippen molar-refractivity contribution in [2.75, 3.05) is 11.5 Å². The molecule has 0 fully saturated rings. The van der Waals surface area contributed by atoms with Gasteiger partial charge in [0.25, 0.3) is 5.69 Å². The number of nitro benzene ring substituents is 1. The lowest BCUT2D eigenvalue weighted by Gasteiger charge is -2.00. The highest BCUT2D eigenvalue weighted by atomic mass is 32.2. The van der Waals surface area contributed by atoms with Crippen LogP contribution in [-0.2, 0) is 0 Å². The van der Waals surface area contributed by atoms with Crippen LogP contribution in [-0.4, -0.2) is 10.7 Å². The van der Waals surface area contributed by atoms with Crippen molar-refractivity contribution in [2.45, 2.75) is 4.90 Å². The van der Waals surface area contributed by atoms with Crippen LogP contribution in [0, 0.1) is 10.1 Å². The van der Waals surface area contributed by atoms with Crippen LogP contribution in [0.4, 0.5) is 11.4 Å². The highest BCUT2D eigenvalue weighted by molar-refractivity contribution is 7.99. The van der Waals surface area contributed by atoms with Gasteiger partial charge < -0.3 is 5.73 Å². The normalized spacial score (nSPS) is 9.71. The maximum absolute atomic E-state index is 10.5. The number of nitrogens with two attached hydrogens (primary N) is 1. The Morgan fingerprint density at radius 3 is 2.93 bits per heavy atom. The summed E-state index contributed by atoms with van der Waals surface area (Å²) in [5, 5.41) is 10.5. The summed E-state index contributed by atoms with van der Waals surface area (Å²) in [4.78, 5) is 10.9. The molecule has 0 bridgehead atoms. The Morgan fingerprint density at radius 2 is 2.36 bits per heavy atom. The number of hydrogen-bond donors (Lipinski definition) is 1. The predicted octanol–water partition coefficient (Wildman–Crippen LogP) is 2.46. The van der Waals surface area contributed by atoms with E-state index in [1.165, 1.54) is 17.8 Å². The quantitative estimate of drug-likeness (QED) is 0.272. The van der Waals surface area contributed by atoms with Gasteiger partial charge in [0, 0.05) is 16.7 Å². The van der Waals surface area contributed by atoms with Crippen LogP contribution in [0.2, 0.25) is 0 Å². The van der Waals surface area contributed by atoms with Crippen molar-refractivity contribution in [1.29, 1.82) is 0 Å². The molecule has 0 saturated carbocycles. The molecule has 14 heavy (non-hydrogen) atoms. The second kappa shape index (κ2) is 4.66. The highest BCUT2D eigenvalue weighted by Gasteiger charge is 2.11. The Bertz CT molecular complexity index is 366. The number of nitro groups is 1. The van der Waals surface area contributed by atoms with E-state index < -0.39 is 4.92 Å². The lowest BCUT2D eigenvalue weighted by Crippen LogP contribution is -1.95. The fourth-order valence-electron chi connectivity index (χ4n) is 0.927. The molecule has 1 rings (SSSR count). The molecule has 0 saturated heterocycles. The van der Waals surface area contributed by atoms with Gasteiger partial charge in [0.05, 0.1) is 4.92 Å². The minimum absolute atomic E-state index is 0.0425. The molecule has 0 atom stereocenters. The van der Waals surface area contributed by atoms with Gasteiger partial charge in [0.1, 0.15) is 5.69 Å². The molecule has 0 amide bonds. The zero-order valence-electron chi connectivity index (χ0n) is 7.47. The molecule has 0 aromatic heterocycles. The summed E-state index contributed by atoms with van der Waals surface area (Å²) in [6, 6.07) is 4.78. The van der Waals surface area contributed by atoms with Crippen LogP contribution in [0.15, 0.2) is 35.7 Å². The number of hydrogen-bond acceptors (Lipinski definition) is 4. The fourth-order valence-corrected chi connectivity index (χ4v) is 1.60. The first-order valence-corrected chi connectivity index (χ1v) is 4.91. The molecule has 0 aliphatic heterocycles. The number of thioether (sulfide) groups is 1. The number of nitrogen functional groups attached to an aromatic ring is 1. The van der Waals surface area contributed by atoms with E-state index in [9.17, 15) is 10.1 Å². The van der Waals surface area contributed by atoms with Crippen molar-refractivity contribution in [2.24, 2.45) is 0 Å². The zero-order chi connectivity index (χ0) is 10.6. The minimum atomic E-state index is -0.479. The van der Waals surface area contributed by atoms with Gasteiger partial charge in [-0.2, -0.15) is 0 Å². The summed E-state index contributed by atoms with van der Waals surface area (Å²) in [6.07, 6.45) is 1.74. The number of rotatable bonds is 4. The fraction of sp³-hybridized carbons (Fsp3) is 0.111. The molecule has 4 nitrogen and oxygen atoms in total. The third-order valence-electron chi connectivity index (χ3n) is 1.57. The van der Waals surface area contributed by atoms with Crippen LogP contribution in [0.25, 0.3) is 0 Å². The van der Waals surface area contributed by atoms with Crippen molar-refractivity contribution >= 4 is 23.1 Å². The maximum Gasteiger partial charge on any atom is 0.293 e. The molecule has 1 aromatic rings. The molecular formula is C9H10N2O2S. The van der Waals surface area contributed by atoms with Gasteiger partial charge in [-0.3, -0.25) is 10.1 Å². The molecule has 0 spiro atoms. The van der Waals surface area contributed by atoms with Gasteiger partial charge in [-0.25, -0.2) is 0 Å². The molecule has 2 N–H and O–H groups in total. The van der Waals surface area contributed by atoms with E-state index in [2.05, 4.69) is 6.58 Å². The van der Waals surface area contributed by atoms with Crippen molar-refractivity contribution < 1.29 is 4.92 Å². The summed E-state index contributed by atoms with van der Waals surface area (Å²) >= 11 is 1.48. The van der Waals surface area contributed by atoms with Crippen molar-refractivity contribution in [3.8, 4) is 0 Å². The van der Waals surface area contributed by atoms with E-state index >= 15 is 0 Å². The SMILES string of the molecule is C=CCSc1ccc(N)c([N+](=O)[O-])c1. The highest BCUT2D eigenvalue weighted by Crippen LogP contribution is 2.27. The first-order chi connectivity index (χ1) is 6.65. The van der Waals surface area contributed by atoms with Gasteiger partial charge in [-0.15, -0.1) is 18.3 Å². The standard InChI is InChI=1S/C9H10N2O2S/c1-2-5-14-7-3-4-8(10)9(6-7)11(12)13/h2-4,6H,1,5,10H2. The summed E-state index contributed by atoms with van der Waals surface area (Å²) in [6.45, 7) is 3.57. The van der Waals surface area contributed by atoms with Crippen molar-refractivity contribution in [1.82, 2.24) is 0 Å². The Morgan fingerprint density at radius 1 is 1.64 bits per heavy atom. The molecule has 0 unspecified atom stereocenters. The maximum atomic E-state index is 10.5. The van der Waals surface area contributed by atoms with E-state index in [4.69, 9.17) is 5.73 Å². The molecule has 0 aliphatic rings. The van der Waals surface area contributed by atoms with E-state index in [0.29, 0.717) is 0 Å². The van der Waals surface area contributed by atoms with Gasteiger partial charge >= 0.3 is 0 Å². The topological polar surface area (TPSA) is 69.2 Å². The van der Waals surface area contributed by atoms with E-state index in [1.807, 2.05) is 0 Å². The van der Waals surface area contributed by atoms with Crippen LogP contribution < -0.4 is 5.73 Å². The zero-order valence-corrected chi connectivity index (χ0v) is 8.29. The third-order valence-corrected chi connectivity index (χ3v) is 2.56. The van der Waals surface area contributed by atoms with Crippen molar-refractivity contribution in [3.63, 3.8) is 0 Å². The molecule has 0 heterocycles. The second-order valence-corrected chi connectivity index (χ2v) is 3.67. The molecule has 1 aromatic carbocycles. The lowest BCUT2D eigenvalue weighted by molar-refractivity contribution is -0.384. The van der Waals surface area contributed by atoms with Crippen molar-refractivity contribution in [3.05, 3.63) is 41.0 Å². The summed E-state index contributed by atoms with van der Waals surface area (Å²) in [5.41, 5.74) is 5.60. The largest absolute Gasteiger partial charge is 0.393 e. The summed E-state index contributed by atoms with van der Waals surface area (Å²) < 4.78 is 0. The van der Waals surface area contributed by atoms with Crippen LogP contribution >= 0.6 is 11.8 Å². The molecule has 0 radical (unpaired) electrons. The molecular weight excluding hydrogens is 200 g/mol. The predicted molar refractivity (Wildman–Crippen MR) is 58.4 cm³/mol. The smallest absolute Gasteiger partial charge is 0.293 e. The van der Waals surface area contributed by atoms with Crippen LogP contribution in [0.1, 0.15) is 0 Å². The van der Waals surface area contributed by atoms with Crippen LogP contribution in [0.3, 0.4) is 0 Å². The monoisotopic (exact) mass is 210 g/mol. The average Bonchev–Trinajstić information content (AvgIpc) is 2.16. The van der Waals surface area contributed by atoms with Crippen LogP contribution in [0.5, 0.6) is 0 Å². The number of benzene rings is 1. The Kier molecular flexibility index (Phi) is 3.53. The van der Waals surface area contributed by atoms with Gasteiger partial charge in [0.15, 0.2) is 0 Å². The first kappa shape index (κ1) is 10.6. The van der Waals surface area contributed by atoms with E-state index in [0.717, 1.165) is 10.6 Å². The summed E-state index contributed by atoms with van der Waals surface area (Å²) in [5.74, 6) is 0.723. The van der Waals surface area contributed by atoms with Gasteiger partial charge in [-0.05, 0) is 12.1 Å². The van der Waals surface area contributed by atoms with Gasteiger partial charge in [-0.1, -0.05) is 6.08 Å². The summed E-state index contributed by atoms with van der Waals surface area (Å²) in [7, 11) is 0. The third kappa shape index (κ3) is 2.50. The van der Waals surface area contributed by atoms with Gasteiger partial charge in [0.2, 0.25) is 0 Å². The Balaban J connectivity index is 2.94. The molecule has 0 aliphatic carbocycles. The lowest BCUT2D eigenvalue weighted by atomic mass is 10.3. The molecule has 74 valence electrons. The second-order valence-electron chi connectivity index (χ2n) is 2.58. The van der Waals surface area contributed by atoms with E-state index in [1.54, 1.807) is 18.2 Å². The number of nitrogens with zero attached hydrogens (tertiary/aromatic N) is 1. The number of anilines is 1. The molecule has 5 heteroatoms. The Hall–Kier alpha value is -1.49. The Labute approximate surface area is 86.0 Å². The van der Waals surface area contributed by atoms with E-state index in [-0.39, 0.29) is 11.4 Å². The first-order valence-electron chi connectivity index (χ1n) is 3.92.